The van der Waals surface area contributed by atoms with Crippen molar-refractivity contribution in [2.24, 2.45) is 10.7 Å². The van der Waals surface area contributed by atoms with Crippen LogP contribution in [0.3, 0.4) is 0 Å². The minimum absolute atomic E-state index is 0.185. The van der Waals surface area contributed by atoms with Crippen LogP contribution in [0.4, 0.5) is 10.5 Å². The maximum absolute atomic E-state index is 13.4. The number of urea groups is 1. The zero-order valence-electron chi connectivity index (χ0n) is 20.4. The average Bonchev–Trinajstić information content (AvgIpc) is 3.68. The minimum atomic E-state index is -0.647. The first-order valence-corrected chi connectivity index (χ1v) is 13.1. The van der Waals surface area contributed by atoms with E-state index >= 15 is 0 Å². The number of amides is 3. The van der Waals surface area contributed by atoms with Crippen LogP contribution in [-0.2, 0) is 11.3 Å². The van der Waals surface area contributed by atoms with Crippen LogP contribution < -0.4 is 16.0 Å². The Morgan fingerprint density at radius 1 is 1.08 bits per heavy atom. The molecular formula is C29H27N5O2S. The van der Waals surface area contributed by atoms with Gasteiger partial charge in [-0.3, -0.25) is 9.79 Å². The lowest BCUT2D eigenvalue weighted by Crippen LogP contribution is -2.40. The number of amidine groups is 1. The van der Waals surface area contributed by atoms with Gasteiger partial charge in [-0.1, -0.05) is 66.4 Å². The van der Waals surface area contributed by atoms with Crippen molar-refractivity contribution in [1.29, 1.82) is 5.26 Å². The van der Waals surface area contributed by atoms with Gasteiger partial charge in [0.2, 0.25) is 5.91 Å². The molecule has 7 nitrogen and oxygen atoms in total. The number of rotatable bonds is 6. The van der Waals surface area contributed by atoms with Crippen LogP contribution in [0.15, 0.2) is 77.8 Å². The molecule has 37 heavy (non-hydrogen) atoms. The standard InChI is InChI=1S/C29H27N5O2S/c1-18-7-10-23(21-13-14-21)15-24(18)34(28(31)36)29-33-25(22-11-8-19(16-30)9-12-22)26(37-29)27(35)32-17-20-5-3-2-4-6-20/h2-12,15,21,25-26H,13-14,17H2,1H3,(H2,31,36)(H,32,35). The quantitative estimate of drug-likeness (QED) is 0.478. The van der Waals surface area contributed by atoms with Gasteiger partial charge in [0.15, 0.2) is 5.17 Å². The van der Waals surface area contributed by atoms with Gasteiger partial charge in [0.25, 0.3) is 0 Å². The number of thioether (sulfide) groups is 1. The van der Waals surface area contributed by atoms with Gasteiger partial charge in [0.1, 0.15) is 5.25 Å². The number of nitriles is 1. The number of aryl methyl sites for hydroxylation is 1. The van der Waals surface area contributed by atoms with Gasteiger partial charge in [-0.05, 0) is 66.1 Å². The molecule has 1 fully saturated rings. The summed E-state index contributed by atoms with van der Waals surface area (Å²) in [6.45, 7) is 2.32. The fourth-order valence-electron chi connectivity index (χ4n) is 4.45. The molecule has 3 N–H and O–H groups in total. The number of hydrogen-bond acceptors (Lipinski definition) is 5. The summed E-state index contributed by atoms with van der Waals surface area (Å²) in [6.07, 6.45) is 2.28. The van der Waals surface area contributed by atoms with Gasteiger partial charge in [0.05, 0.1) is 23.4 Å². The molecule has 1 aliphatic heterocycles. The zero-order valence-corrected chi connectivity index (χ0v) is 21.2. The van der Waals surface area contributed by atoms with Crippen molar-refractivity contribution in [2.45, 2.75) is 43.5 Å². The Bertz CT molecular complexity index is 1390. The molecule has 0 bridgehead atoms. The Hall–Kier alpha value is -4.09. The molecule has 1 aliphatic carbocycles. The molecule has 0 saturated heterocycles. The Morgan fingerprint density at radius 2 is 1.78 bits per heavy atom. The fourth-order valence-corrected chi connectivity index (χ4v) is 5.68. The van der Waals surface area contributed by atoms with E-state index in [1.807, 2.05) is 49.4 Å². The number of hydrogen-bond donors (Lipinski definition) is 2. The summed E-state index contributed by atoms with van der Waals surface area (Å²) >= 11 is 1.23. The zero-order chi connectivity index (χ0) is 25.9. The third-order valence-electron chi connectivity index (χ3n) is 6.65. The maximum atomic E-state index is 13.4. The van der Waals surface area contributed by atoms with Crippen LogP contribution >= 0.6 is 11.8 Å². The van der Waals surface area contributed by atoms with Crippen LogP contribution in [0.1, 0.15) is 52.6 Å². The maximum Gasteiger partial charge on any atom is 0.325 e. The molecule has 5 rings (SSSR count). The van der Waals surface area contributed by atoms with Crippen molar-refractivity contribution in [3.63, 3.8) is 0 Å². The molecule has 0 spiro atoms. The summed E-state index contributed by atoms with van der Waals surface area (Å²) in [7, 11) is 0. The monoisotopic (exact) mass is 509 g/mol. The van der Waals surface area contributed by atoms with Crippen LogP contribution in [-0.4, -0.2) is 22.4 Å². The molecule has 3 aromatic carbocycles. The molecule has 1 heterocycles. The van der Waals surface area contributed by atoms with E-state index in [9.17, 15) is 14.9 Å². The van der Waals surface area contributed by atoms with Gasteiger partial charge in [-0.15, -0.1) is 0 Å². The SMILES string of the molecule is Cc1ccc(C2CC2)cc1N(C(N)=O)C1=NC(c2ccc(C#N)cc2)C(C(=O)NCc2ccccc2)S1. The first-order valence-electron chi connectivity index (χ1n) is 12.2. The number of nitrogens with two attached hydrogens (primary N) is 1. The van der Waals surface area contributed by atoms with E-state index in [0.717, 1.165) is 29.5 Å². The second kappa shape index (κ2) is 10.5. The van der Waals surface area contributed by atoms with Crippen molar-refractivity contribution in [1.82, 2.24) is 5.32 Å². The highest BCUT2D eigenvalue weighted by molar-refractivity contribution is 8.15. The van der Waals surface area contributed by atoms with E-state index in [4.69, 9.17) is 10.7 Å². The van der Waals surface area contributed by atoms with Crippen molar-refractivity contribution < 1.29 is 9.59 Å². The van der Waals surface area contributed by atoms with E-state index in [1.54, 1.807) is 24.3 Å². The van der Waals surface area contributed by atoms with Crippen LogP contribution in [0.25, 0.3) is 0 Å². The summed E-state index contributed by atoms with van der Waals surface area (Å²) in [4.78, 5) is 32.5. The van der Waals surface area contributed by atoms with Crippen molar-refractivity contribution in [2.75, 3.05) is 4.90 Å². The summed E-state index contributed by atoms with van der Waals surface area (Å²) in [5.41, 5.74) is 11.0. The summed E-state index contributed by atoms with van der Waals surface area (Å²) in [6, 6.07) is 23.8. The number of carbonyl (C=O) groups excluding carboxylic acids is 2. The Balaban J connectivity index is 1.47. The third kappa shape index (κ3) is 5.37. The van der Waals surface area contributed by atoms with Crippen molar-refractivity contribution in [3.05, 3.63) is 101 Å². The van der Waals surface area contributed by atoms with Gasteiger partial charge >= 0.3 is 6.03 Å². The number of benzene rings is 3. The molecule has 2 unspecified atom stereocenters. The number of carbonyl (C=O) groups is 2. The first kappa shape index (κ1) is 24.6. The lowest BCUT2D eigenvalue weighted by Gasteiger charge is -2.23. The second-order valence-electron chi connectivity index (χ2n) is 9.33. The third-order valence-corrected chi connectivity index (χ3v) is 7.88. The van der Waals surface area contributed by atoms with E-state index in [2.05, 4.69) is 17.5 Å². The summed E-state index contributed by atoms with van der Waals surface area (Å²) < 4.78 is 0. The molecule has 2 aliphatic rings. The van der Waals surface area contributed by atoms with Crippen molar-refractivity contribution in [3.8, 4) is 6.07 Å². The Morgan fingerprint density at radius 3 is 2.43 bits per heavy atom. The number of primary amides is 1. The molecular weight excluding hydrogens is 482 g/mol. The first-order chi connectivity index (χ1) is 17.9. The van der Waals surface area contributed by atoms with Gasteiger partial charge < -0.3 is 11.1 Å². The highest BCUT2D eigenvalue weighted by Gasteiger charge is 2.40. The van der Waals surface area contributed by atoms with Gasteiger partial charge in [-0.2, -0.15) is 5.26 Å². The molecule has 3 amide bonds. The van der Waals surface area contributed by atoms with E-state index in [0.29, 0.717) is 28.9 Å². The lowest BCUT2D eigenvalue weighted by atomic mass is 10.0. The van der Waals surface area contributed by atoms with Gasteiger partial charge in [0, 0.05) is 6.54 Å². The number of anilines is 1. The lowest BCUT2D eigenvalue weighted by molar-refractivity contribution is -0.121. The largest absolute Gasteiger partial charge is 0.351 e. The molecule has 186 valence electrons. The minimum Gasteiger partial charge on any atom is -0.351 e. The predicted molar refractivity (Wildman–Crippen MR) is 146 cm³/mol. The molecule has 2 atom stereocenters. The highest BCUT2D eigenvalue weighted by Crippen LogP contribution is 2.44. The normalized spacial score (nSPS) is 18.5. The van der Waals surface area contributed by atoms with Crippen LogP contribution in [0.2, 0.25) is 0 Å². The fraction of sp³-hybridized carbons (Fsp3) is 0.241. The van der Waals surface area contributed by atoms with E-state index in [-0.39, 0.29) is 5.91 Å². The van der Waals surface area contributed by atoms with Crippen LogP contribution in [0.5, 0.6) is 0 Å². The molecule has 0 radical (unpaired) electrons. The predicted octanol–water partition coefficient (Wildman–Crippen LogP) is 5.16. The molecule has 3 aromatic rings. The molecule has 8 heteroatoms. The van der Waals surface area contributed by atoms with E-state index < -0.39 is 17.3 Å². The second-order valence-corrected chi connectivity index (χ2v) is 10.4. The smallest absolute Gasteiger partial charge is 0.325 e. The van der Waals surface area contributed by atoms with Crippen molar-refractivity contribution >= 4 is 34.6 Å². The van der Waals surface area contributed by atoms with E-state index in [1.165, 1.54) is 22.2 Å². The number of nitrogens with one attached hydrogen (secondary N) is 1. The summed E-state index contributed by atoms with van der Waals surface area (Å²) in [5.74, 6) is 0.324. The molecule has 1 saturated carbocycles. The highest BCUT2D eigenvalue weighted by atomic mass is 32.2. The van der Waals surface area contributed by atoms with Gasteiger partial charge in [-0.25, -0.2) is 9.69 Å². The topological polar surface area (TPSA) is 112 Å². The van der Waals surface area contributed by atoms with Crippen LogP contribution in [0, 0.1) is 18.3 Å². The Labute approximate surface area is 220 Å². The Kier molecular flexibility index (Phi) is 6.97. The summed E-state index contributed by atoms with van der Waals surface area (Å²) in [5, 5.41) is 12.0. The number of aliphatic imine (C=N–C) groups is 1. The average molecular weight is 510 g/mol. The number of nitrogens with zero attached hydrogens (tertiary/aromatic N) is 3. The molecule has 0 aromatic heterocycles.